The highest BCUT2D eigenvalue weighted by molar-refractivity contribution is 5.16. The molecule has 2 bridgehead atoms. The lowest BCUT2D eigenvalue weighted by atomic mass is 9.69. The molecule has 0 amide bonds. The van der Waals surface area contributed by atoms with Gasteiger partial charge in [0.1, 0.15) is 0 Å². The summed E-state index contributed by atoms with van der Waals surface area (Å²) in [6.45, 7) is 4.06. The molecule has 13 heavy (non-hydrogen) atoms. The lowest BCUT2D eigenvalue weighted by Crippen LogP contribution is -2.44. The van der Waals surface area contributed by atoms with Gasteiger partial charge in [0.25, 0.3) is 0 Å². The zero-order valence-corrected chi connectivity index (χ0v) is 8.20. The van der Waals surface area contributed by atoms with Gasteiger partial charge >= 0.3 is 0 Å². The first-order chi connectivity index (χ1) is 5.97. The summed E-state index contributed by atoms with van der Waals surface area (Å²) >= 11 is 0. The van der Waals surface area contributed by atoms with Gasteiger partial charge in [-0.25, -0.2) is 0 Å². The van der Waals surface area contributed by atoms with Crippen molar-refractivity contribution in [3.63, 3.8) is 0 Å². The van der Waals surface area contributed by atoms with E-state index in [9.17, 15) is 15.3 Å². The van der Waals surface area contributed by atoms with Crippen LogP contribution >= 0.6 is 0 Å². The predicted molar refractivity (Wildman–Crippen MR) is 48.0 cm³/mol. The van der Waals surface area contributed by atoms with Gasteiger partial charge in [0.15, 0.2) is 0 Å². The third-order valence-electron chi connectivity index (χ3n) is 4.70. The van der Waals surface area contributed by atoms with E-state index in [2.05, 4.69) is 0 Å². The fraction of sp³-hybridized carbons (Fsp3) is 1.00. The summed E-state index contributed by atoms with van der Waals surface area (Å²) in [6.07, 6.45) is 0.368. The maximum Gasteiger partial charge on any atom is 0.0885 e. The van der Waals surface area contributed by atoms with Gasteiger partial charge in [0.05, 0.1) is 18.8 Å². The van der Waals surface area contributed by atoms with Gasteiger partial charge in [0.2, 0.25) is 0 Å². The summed E-state index contributed by atoms with van der Waals surface area (Å²) < 4.78 is 0. The normalized spacial score (nSPS) is 52.8. The number of aliphatic hydroxyl groups excluding tert-OH is 3. The van der Waals surface area contributed by atoms with E-state index in [1.165, 1.54) is 0 Å². The van der Waals surface area contributed by atoms with Crippen LogP contribution in [0.4, 0.5) is 0 Å². The van der Waals surface area contributed by atoms with E-state index in [1.54, 1.807) is 0 Å². The first kappa shape index (κ1) is 9.44. The molecule has 0 saturated heterocycles. The van der Waals surface area contributed by atoms with Crippen molar-refractivity contribution in [2.24, 2.45) is 16.7 Å². The quantitative estimate of drug-likeness (QED) is 0.546. The molecule has 4 atom stereocenters. The summed E-state index contributed by atoms with van der Waals surface area (Å²) in [5.41, 5.74) is -0.600. The van der Waals surface area contributed by atoms with Gasteiger partial charge in [-0.15, -0.1) is 0 Å². The second kappa shape index (κ2) is 2.47. The molecule has 3 nitrogen and oxygen atoms in total. The first-order valence-electron chi connectivity index (χ1n) is 4.94. The highest BCUT2D eigenvalue weighted by atomic mass is 16.3. The standard InChI is InChI=1S/C10H18O3/c1-9(2)6-3-4-10(9,5-11)8(13)7(6)12/h6-8,11-13H,3-5H2,1-2H3/t6-,7+,8+,10-/m0/s1. The molecule has 2 aliphatic rings. The molecule has 0 aromatic heterocycles. The molecule has 0 unspecified atom stereocenters. The Kier molecular flexibility index (Phi) is 1.79. The topological polar surface area (TPSA) is 60.7 Å². The molecule has 2 saturated carbocycles. The lowest BCUT2D eigenvalue weighted by Gasteiger charge is -2.38. The zero-order chi connectivity index (χ0) is 9.85. The van der Waals surface area contributed by atoms with E-state index in [0.29, 0.717) is 0 Å². The van der Waals surface area contributed by atoms with E-state index in [1.807, 2.05) is 13.8 Å². The molecule has 2 aliphatic carbocycles. The number of fused-ring (bicyclic) bond motifs is 2. The number of rotatable bonds is 1. The molecular formula is C10H18O3. The Morgan fingerprint density at radius 2 is 1.92 bits per heavy atom. The number of hydrogen-bond donors (Lipinski definition) is 3. The fourth-order valence-corrected chi connectivity index (χ4v) is 3.52. The largest absolute Gasteiger partial charge is 0.396 e. The SMILES string of the molecule is CC1(C)[C@H]2CC[C@]1(CO)[C@H](O)[C@@H]2O. The van der Waals surface area contributed by atoms with Crippen LogP contribution in [0.5, 0.6) is 0 Å². The summed E-state index contributed by atoms with van der Waals surface area (Å²) in [6, 6.07) is 0. The van der Waals surface area contributed by atoms with Gasteiger partial charge < -0.3 is 15.3 Å². The minimum absolute atomic E-state index is 0.0191. The monoisotopic (exact) mass is 186 g/mol. The van der Waals surface area contributed by atoms with Crippen LogP contribution in [0.25, 0.3) is 0 Å². The fourth-order valence-electron chi connectivity index (χ4n) is 3.52. The van der Waals surface area contributed by atoms with Crippen molar-refractivity contribution in [2.75, 3.05) is 6.61 Å². The molecule has 3 N–H and O–H groups in total. The van der Waals surface area contributed by atoms with Crippen molar-refractivity contribution in [1.29, 1.82) is 0 Å². The van der Waals surface area contributed by atoms with Crippen LogP contribution in [0.3, 0.4) is 0 Å². The van der Waals surface area contributed by atoms with Crippen molar-refractivity contribution >= 4 is 0 Å². The molecule has 0 radical (unpaired) electrons. The van der Waals surface area contributed by atoms with Crippen LogP contribution < -0.4 is 0 Å². The second-order valence-corrected chi connectivity index (χ2v) is 5.12. The van der Waals surface area contributed by atoms with Crippen molar-refractivity contribution in [3.05, 3.63) is 0 Å². The van der Waals surface area contributed by atoms with Crippen molar-refractivity contribution < 1.29 is 15.3 Å². The Morgan fingerprint density at radius 1 is 1.31 bits per heavy atom. The second-order valence-electron chi connectivity index (χ2n) is 5.12. The summed E-state index contributed by atoms with van der Waals surface area (Å²) in [7, 11) is 0. The molecule has 76 valence electrons. The third kappa shape index (κ3) is 0.808. The van der Waals surface area contributed by atoms with Crippen LogP contribution in [-0.2, 0) is 0 Å². The Balaban J connectivity index is 2.44. The van der Waals surface area contributed by atoms with E-state index in [0.717, 1.165) is 12.8 Å². The highest BCUT2D eigenvalue weighted by Gasteiger charge is 2.67. The van der Waals surface area contributed by atoms with E-state index in [4.69, 9.17) is 0 Å². The minimum atomic E-state index is -0.744. The molecule has 0 aromatic carbocycles. The molecule has 3 heteroatoms. The third-order valence-corrected chi connectivity index (χ3v) is 4.70. The van der Waals surface area contributed by atoms with Gasteiger partial charge in [-0.3, -0.25) is 0 Å². The van der Waals surface area contributed by atoms with Crippen LogP contribution in [0.2, 0.25) is 0 Å². The lowest BCUT2D eigenvalue weighted by molar-refractivity contribution is -0.0822. The summed E-state index contributed by atoms with van der Waals surface area (Å²) in [5, 5.41) is 29.0. The van der Waals surface area contributed by atoms with Crippen molar-refractivity contribution in [3.8, 4) is 0 Å². The van der Waals surface area contributed by atoms with Crippen molar-refractivity contribution in [2.45, 2.75) is 38.9 Å². The molecule has 2 rings (SSSR count). The Bertz CT molecular complexity index is 226. The van der Waals surface area contributed by atoms with Crippen LogP contribution in [0, 0.1) is 16.7 Å². The maximum atomic E-state index is 9.86. The van der Waals surface area contributed by atoms with Gasteiger partial charge in [-0.1, -0.05) is 13.8 Å². The highest BCUT2D eigenvalue weighted by Crippen LogP contribution is 2.65. The molecular weight excluding hydrogens is 168 g/mol. The number of hydrogen-bond acceptors (Lipinski definition) is 3. The average molecular weight is 186 g/mol. The van der Waals surface area contributed by atoms with Crippen LogP contribution in [0.1, 0.15) is 26.7 Å². The van der Waals surface area contributed by atoms with E-state index in [-0.39, 0.29) is 17.9 Å². The van der Waals surface area contributed by atoms with Crippen molar-refractivity contribution in [1.82, 2.24) is 0 Å². The van der Waals surface area contributed by atoms with Gasteiger partial charge in [-0.05, 0) is 24.2 Å². The first-order valence-corrected chi connectivity index (χ1v) is 4.94. The number of aliphatic hydroxyl groups is 3. The average Bonchev–Trinajstić information content (AvgIpc) is 2.41. The summed E-state index contributed by atoms with van der Waals surface area (Å²) in [5.74, 6) is 0.148. The Hall–Kier alpha value is -0.120. The minimum Gasteiger partial charge on any atom is -0.396 e. The molecule has 0 aromatic rings. The molecule has 0 spiro atoms. The maximum absolute atomic E-state index is 9.86. The van der Waals surface area contributed by atoms with Gasteiger partial charge in [0, 0.05) is 5.41 Å². The van der Waals surface area contributed by atoms with Gasteiger partial charge in [-0.2, -0.15) is 0 Å². The Morgan fingerprint density at radius 3 is 2.23 bits per heavy atom. The molecule has 0 aliphatic heterocycles. The van der Waals surface area contributed by atoms with Crippen LogP contribution in [0.15, 0.2) is 0 Å². The smallest absolute Gasteiger partial charge is 0.0885 e. The van der Waals surface area contributed by atoms with Crippen LogP contribution in [-0.4, -0.2) is 34.1 Å². The zero-order valence-electron chi connectivity index (χ0n) is 8.20. The Labute approximate surface area is 78.4 Å². The van der Waals surface area contributed by atoms with E-state index >= 15 is 0 Å². The molecule has 0 heterocycles. The molecule has 2 fully saturated rings. The van der Waals surface area contributed by atoms with E-state index < -0.39 is 17.6 Å². The predicted octanol–water partition coefficient (Wildman–Crippen LogP) is 0.137. The summed E-state index contributed by atoms with van der Waals surface area (Å²) in [4.78, 5) is 0.